The third-order valence-electron chi connectivity index (χ3n) is 4.10. The van der Waals surface area contributed by atoms with Crippen LogP contribution in [0.3, 0.4) is 0 Å². The third-order valence-corrected chi connectivity index (χ3v) is 4.10. The summed E-state index contributed by atoms with van der Waals surface area (Å²) in [6.07, 6.45) is 1.58. The summed E-state index contributed by atoms with van der Waals surface area (Å²) in [5, 5.41) is 11.5. The molecule has 0 radical (unpaired) electrons. The zero-order chi connectivity index (χ0) is 17.1. The minimum absolute atomic E-state index is 0.0185. The molecule has 2 aromatic heterocycles. The number of H-pyrrole nitrogens is 1. The Hall–Kier alpha value is -2.22. The fourth-order valence-electron chi connectivity index (χ4n) is 2.91. The van der Waals surface area contributed by atoms with Crippen LogP contribution < -0.4 is 0 Å². The van der Waals surface area contributed by atoms with E-state index in [1.54, 1.807) is 9.58 Å². The number of aromatic nitrogens is 5. The van der Waals surface area contributed by atoms with Gasteiger partial charge in [-0.05, 0) is 26.3 Å². The number of nitrogens with one attached hydrogen (secondary N) is 1. The standard InChI is InChI=1S/C16H24N6O2/c1-4-6-14-17-15(19-18-14)13-10-21(7-8-24-13)16(23)12-9-11(3)20-22(12)5-2/h9,13H,4-8,10H2,1-3H3,(H,17,18,19)/t13-/m0/s1. The van der Waals surface area contributed by atoms with E-state index >= 15 is 0 Å². The Bertz CT molecular complexity index is 707. The maximum atomic E-state index is 12.8. The Labute approximate surface area is 141 Å². The molecule has 1 saturated heterocycles. The molecule has 1 amide bonds. The average molecular weight is 332 g/mol. The Balaban J connectivity index is 1.73. The van der Waals surface area contributed by atoms with Crippen molar-refractivity contribution in [1.82, 2.24) is 29.9 Å². The van der Waals surface area contributed by atoms with E-state index in [1.807, 2.05) is 19.9 Å². The van der Waals surface area contributed by atoms with E-state index < -0.39 is 0 Å². The number of carbonyl (C=O) groups is 1. The van der Waals surface area contributed by atoms with Crippen molar-refractivity contribution < 1.29 is 9.53 Å². The molecule has 1 fully saturated rings. The van der Waals surface area contributed by atoms with Crippen molar-refractivity contribution >= 4 is 5.91 Å². The van der Waals surface area contributed by atoms with Crippen LogP contribution in [0, 0.1) is 6.92 Å². The van der Waals surface area contributed by atoms with Crippen molar-refractivity contribution in [3.05, 3.63) is 29.1 Å². The molecule has 1 aliphatic rings. The number of nitrogens with zero attached hydrogens (tertiary/aromatic N) is 5. The normalized spacial score (nSPS) is 18.1. The first-order valence-corrected chi connectivity index (χ1v) is 8.48. The van der Waals surface area contributed by atoms with E-state index in [4.69, 9.17) is 4.74 Å². The summed E-state index contributed by atoms with van der Waals surface area (Å²) < 4.78 is 7.52. The summed E-state index contributed by atoms with van der Waals surface area (Å²) in [7, 11) is 0. The molecular weight excluding hydrogens is 308 g/mol. The first-order valence-electron chi connectivity index (χ1n) is 8.48. The number of aryl methyl sites for hydroxylation is 3. The quantitative estimate of drug-likeness (QED) is 0.896. The molecule has 8 heteroatoms. The maximum absolute atomic E-state index is 12.8. The number of amides is 1. The second-order valence-electron chi connectivity index (χ2n) is 5.99. The molecule has 0 bridgehead atoms. The van der Waals surface area contributed by atoms with Crippen molar-refractivity contribution in [1.29, 1.82) is 0 Å². The van der Waals surface area contributed by atoms with Gasteiger partial charge in [0.1, 0.15) is 17.6 Å². The fourth-order valence-corrected chi connectivity index (χ4v) is 2.91. The van der Waals surface area contributed by atoms with E-state index in [1.165, 1.54) is 0 Å². The summed E-state index contributed by atoms with van der Waals surface area (Å²) >= 11 is 0. The van der Waals surface area contributed by atoms with Gasteiger partial charge in [-0.3, -0.25) is 14.6 Å². The van der Waals surface area contributed by atoms with Gasteiger partial charge in [0.15, 0.2) is 5.82 Å². The van der Waals surface area contributed by atoms with E-state index in [0.717, 1.165) is 24.4 Å². The van der Waals surface area contributed by atoms with E-state index in [0.29, 0.717) is 37.8 Å². The molecule has 0 saturated carbocycles. The van der Waals surface area contributed by atoms with Crippen LogP contribution in [-0.2, 0) is 17.7 Å². The lowest BCUT2D eigenvalue weighted by Gasteiger charge is -2.31. The molecule has 8 nitrogen and oxygen atoms in total. The summed E-state index contributed by atoms with van der Waals surface area (Å²) in [6.45, 7) is 8.14. The molecule has 3 heterocycles. The maximum Gasteiger partial charge on any atom is 0.272 e. The molecule has 1 atom stereocenters. The fraction of sp³-hybridized carbons (Fsp3) is 0.625. The van der Waals surface area contributed by atoms with Crippen molar-refractivity contribution in [2.45, 2.75) is 46.3 Å². The lowest BCUT2D eigenvalue weighted by molar-refractivity contribution is -0.0270. The van der Waals surface area contributed by atoms with E-state index in [2.05, 4.69) is 27.2 Å². The Morgan fingerprint density at radius 3 is 3.04 bits per heavy atom. The summed E-state index contributed by atoms with van der Waals surface area (Å²) in [5.74, 6) is 1.46. The van der Waals surface area contributed by atoms with Crippen LogP contribution in [-0.4, -0.2) is 55.5 Å². The van der Waals surface area contributed by atoms with Gasteiger partial charge in [0.2, 0.25) is 0 Å². The monoisotopic (exact) mass is 332 g/mol. The van der Waals surface area contributed by atoms with Gasteiger partial charge in [0, 0.05) is 19.5 Å². The van der Waals surface area contributed by atoms with Gasteiger partial charge in [0.05, 0.1) is 18.8 Å². The van der Waals surface area contributed by atoms with Crippen molar-refractivity contribution in [3.8, 4) is 0 Å². The van der Waals surface area contributed by atoms with Gasteiger partial charge in [0.25, 0.3) is 5.91 Å². The third kappa shape index (κ3) is 3.33. The number of ether oxygens (including phenoxy) is 1. The van der Waals surface area contributed by atoms with Crippen LogP contribution in [0.1, 0.15) is 54.2 Å². The number of aromatic amines is 1. The van der Waals surface area contributed by atoms with Gasteiger partial charge in [-0.15, -0.1) is 0 Å². The van der Waals surface area contributed by atoms with Crippen LogP contribution in [0.2, 0.25) is 0 Å². The minimum atomic E-state index is -0.288. The van der Waals surface area contributed by atoms with Crippen molar-refractivity contribution in [2.75, 3.05) is 19.7 Å². The topological polar surface area (TPSA) is 88.9 Å². The Kier molecular flexibility index (Phi) is 4.94. The molecule has 0 spiro atoms. The first-order chi connectivity index (χ1) is 11.6. The SMILES string of the molecule is CCCc1nc([C@@H]2CN(C(=O)c3cc(C)nn3CC)CCO2)n[nH]1. The molecule has 0 unspecified atom stereocenters. The van der Waals surface area contributed by atoms with Gasteiger partial charge in [-0.1, -0.05) is 6.92 Å². The largest absolute Gasteiger partial charge is 0.366 e. The lowest BCUT2D eigenvalue weighted by Crippen LogP contribution is -2.43. The number of hydrogen-bond donors (Lipinski definition) is 1. The summed E-state index contributed by atoms with van der Waals surface area (Å²) in [5.41, 5.74) is 1.47. The first kappa shape index (κ1) is 16.6. The lowest BCUT2D eigenvalue weighted by atomic mass is 10.2. The highest BCUT2D eigenvalue weighted by Crippen LogP contribution is 2.21. The highest BCUT2D eigenvalue weighted by atomic mass is 16.5. The number of morpholine rings is 1. The molecule has 3 rings (SSSR count). The molecular formula is C16H24N6O2. The minimum Gasteiger partial charge on any atom is -0.366 e. The predicted octanol–water partition coefficient (Wildman–Crippen LogP) is 1.50. The van der Waals surface area contributed by atoms with Gasteiger partial charge < -0.3 is 9.64 Å². The van der Waals surface area contributed by atoms with E-state index in [9.17, 15) is 4.79 Å². The molecule has 1 aliphatic heterocycles. The van der Waals surface area contributed by atoms with E-state index in [-0.39, 0.29) is 12.0 Å². The smallest absolute Gasteiger partial charge is 0.272 e. The molecule has 130 valence electrons. The highest BCUT2D eigenvalue weighted by molar-refractivity contribution is 5.92. The van der Waals surface area contributed by atoms with Crippen LogP contribution >= 0.6 is 0 Å². The van der Waals surface area contributed by atoms with Crippen LogP contribution in [0.5, 0.6) is 0 Å². The summed E-state index contributed by atoms with van der Waals surface area (Å²) in [6, 6.07) is 1.84. The van der Waals surface area contributed by atoms with Crippen LogP contribution in [0.15, 0.2) is 6.07 Å². The zero-order valence-corrected chi connectivity index (χ0v) is 14.4. The number of hydrogen-bond acceptors (Lipinski definition) is 5. The number of rotatable bonds is 5. The van der Waals surface area contributed by atoms with Crippen molar-refractivity contribution in [2.24, 2.45) is 0 Å². The average Bonchev–Trinajstić information content (AvgIpc) is 3.21. The van der Waals surface area contributed by atoms with Crippen LogP contribution in [0.4, 0.5) is 0 Å². The molecule has 1 N–H and O–H groups in total. The molecule has 0 aromatic carbocycles. The van der Waals surface area contributed by atoms with Gasteiger partial charge in [-0.25, -0.2) is 4.98 Å². The highest BCUT2D eigenvalue weighted by Gasteiger charge is 2.30. The molecule has 0 aliphatic carbocycles. The second kappa shape index (κ2) is 7.12. The molecule has 2 aromatic rings. The summed E-state index contributed by atoms with van der Waals surface area (Å²) in [4.78, 5) is 19.1. The Morgan fingerprint density at radius 2 is 2.29 bits per heavy atom. The molecule has 24 heavy (non-hydrogen) atoms. The van der Waals surface area contributed by atoms with Crippen molar-refractivity contribution in [3.63, 3.8) is 0 Å². The Morgan fingerprint density at radius 1 is 1.46 bits per heavy atom. The van der Waals surface area contributed by atoms with Crippen LogP contribution in [0.25, 0.3) is 0 Å². The number of carbonyl (C=O) groups excluding carboxylic acids is 1. The zero-order valence-electron chi connectivity index (χ0n) is 14.4. The predicted molar refractivity (Wildman–Crippen MR) is 87.6 cm³/mol. The van der Waals surface area contributed by atoms with Gasteiger partial charge in [-0.2, -0.15) is 10.2 Å². The second-order valence-corrected chi connectivity index (χ2v) is 5.99. The van der Waals surface area contributed by atoms with Gasteiger partial charge >= 0.3 is 0 Å².